The van der Waals surface area contributed by atoms with Crippen LogP contribution in [0.5, 0.6) is 0 Å². The number of esters is 1. The highest BCUT2D eigenvalue weighted by molar-refractivity contribution is 6.18. The van der Waals surface area contributed by atoms with E-state index >= 15 is 0 Å². The predicted molar refractivity (Wildman–Crippen MR) is 151 cm³/mol. The van der Waals surface area contributed by atoms with E-state index in [1.807, 2.05) is 27.7 Å². The van der Waals surface area contributed by atoms with Gasteiger partial charge in [0.25, 0.3) is 0 Å². The van der Waals surface area contributed by atoms with Crippen LogP contribution < -0.4 is 0 Å². The summed E-state index contributed by atoms with van der Waals surface area (Å²) in [7, 11) is 0. The van der Waals surface area contributed by atoms with E-state index in [0.29, 0.717) is 6.42 Å². The molecule has 0 bridgehead atoms. The molecule has 1 unspecified atom stereocenters. The maximum absolute atomic E-state index is 14.7. The lowest BCUT2D eigenvalue weighted by Gasteiger charge is -2.64. The molecule has 0 radical (unpaired) electrons. The second-order valence-electron chi connectivity index (χ2n) is 14.7. The zero-order valence-electron chi connectivity index (χ0n) is 26.3. The van der Waals surface area contributed by atoms with Crippen LogP contribution in [0.1, 0.15) is 101 Å². The van der Waals surface area contributed by atoms with E-state index in [4.69, 9.17) is 4.74 Å². The lowest BCUT2D eigenvalue weighted by Crippen LogP contribution is -2.67. The minimum atomic E-state index is -1.47. The van der Waals surface area contributed by atoms with Gasteiger partial charge in [0.1, 0.15) is 17.3 Å². The molecule has 9 heteroatoms. The van der Waals surface area contributed by atoms with Crippen LogP contribution in [0.4, 0.5) is 0 Å². The van der Waals surface area contributed by atoms with Crippen molar-refractivity contribution in [3.8, 4) is 0 Å². The zero-order chi connectivity index (χ0) is 32.0. The Balaban J connectivity index is 1.92. The number of carboxylic acids is 1. The van der Waals surface area contributed by atoms with E-state index in [0.717, 1.165) is 0 Å². The summed E-state index contributed by atoms with van der Waals surface area (Å²) in [6.45, 7) is 15.2. The molecule has 0 amide bonds. The van der Waals surface area contributed by atoms with Crippen LogP contribution in [-0.4, -0.2) is 52.1 Å². The van der Waals surface area contributed by atoms with E-state index in [1.165, 1.54) is 13.8 Å². The van der Waals surface area contributed by atoms with Crippen LogP contribution in [0.3, 0.4) is 0 Å². The summed E-state index contributed by atoms with van der Waals surface area (Å²) in [6.07, 6.45) is -1.05. The van der Waals surface area contributed by atoms with Crippen molar-refractivity contribution in [2.75, 3.05) is 0 Å². The van der Waals surface area contributed by atoms with Crippen LogP contribution in [-0.2, 0) is 38.3 Å². The summed E-state index contributed by atoms with van der Waals surface area (Å²) < 4.78 is 5.81. The SMILES string of the molecule is CC(=O)O[C@@H]1C(=O)C2=C(C(=O)C[C@@]3(C)C(C)(C)C(=O)CC[C@]23C)[C@]2(C)C(=O)C[C@H]([C@H](C)CC(=O)CC(C)C(=O)O)[C@@]12C. The molecule has 0 heterocycles. The van der Waals surface area contributed by atoms with E-state index in [1.54, 1.807) is 20.8 Å². The van der Waals surface area contributed by atoms with Crippen molar-refractivity contribution in [2.24, 2.45) is 44.8 Å². The smallest absolute Gasteiger partial charge is 0.306 e. The Labute approximate surface area is 247 Å². The molecule has 9 nitrogen and oxygen atoms in total. The predicted octanol–water partition coefficient (Wildman–Crippen LogP) is 4.48. The molecule has 0 aromatic carbocycles. The minimum absolute atomic E-state index is 0.00266. The average molecular weight is 585 g/mol. The Bertz CT molecular complexity index is 1350. The van der Waals surface area contributed by atoms with Crippen molar-refractivity contribution in [3.05, 3.63) is 11.1 Å². The first-order chi connectivity index (χ1) is 19.1. The molecule has 0 spiro atoms. The maximum Gasteiger partial charge on any atom is 0.306 e. The van der Waals surface area contributed by atoms with Gasteiger partial charge >= 0.3 is 11.9 Å². The van der Waals surface area contributed by atoms with Gasteiger partial charge in [0.2, 0.25) is 5.78 Å². The Morgan fingerprint density at radius 3 is 2.07 bits per heavy atom. The highest BCUT2D eigenvalue weighted by atomic mass is 16.5. The van der Waals surface area contributed by atoms with Crippen LogP contribution >= 0.6 is 0 Å². The molecule has 4 rings (SSSR count). The summed E-state index contributed by atoms with van der Waals surface area (Å²) in [6, 6.07) is 0. The standard InChI is InChI=1S/C33H44O9/c1-16(12-19(35)13-17(2)28(40)41)20-14-23(38)33(9)24-21(36)15-31(7)29(4,5)22(37)10-11-30(31,6)25(24)26(39)27(32(20,33)8)42-18(3)34/h16-17,20,27H,10-15H2,1-9H3,(H,40,41)/t16-,17?,20-,27-,30-,31+,32+,33+/m1/s1. The summed E-state index contributed by atoms with van der Waals surface area (Å²) in [4.78, 5) is 93.1. The average Bonchev–Trinajstić information content (AvgIpc) is 3.08. The molecule has 0 aliphatic heterocycles. The van der Waals surface area contributed by atoms with Gasteiger partial charge in [-0.05, 0) is 30.6 Å². The summed E-state index contributed by atoms with van der Waals surface area (Å²) in [5, 5.41) is 9.25. The maximum atomic E-state index is 14.7. The fourth-order valence-corrected chi connectivity index (χ4v) is 9.22. The van der Waals surface area contributed by atoms with Crippen molar-refractivity contribution >= 4 is 40.9 Å². The monoisotopic (exact) mass is 584 g/mol. The molecule has 230 valence electrons. The zero-order valence-corrected chi connectivity index (χ0v) is 26.3. The lowest BCUT2D eigenvalue weighted by molar-refractivity contribution is -0.179. The third kappa shape index (κ3) is 3.90. The molecule has 42 heavy (non-hydrogen) atoms. The van der Waals surface area contributed by atoms with Gasteiger partial charge < -0.3 is 9.84 Å². The summed E-state index contributed by atoms with van der Waals surface area (Å²) in [5.74, 6) is -5.08. The molecule has 2 fully saturated rings. The van der Waals surface area contributed by atoms with Crippen molar-refractivity contribution in [3.63, 3.8) is 0 Å². The van der Waals surface area contributed by atoms with Crippen molar-refractivity contribution in [1.29, 1.82) is 0 Å². The Morgan fingerprint density at radius 1 is 0.929 bits per heavy atom. The van der Waals surface area contributed by atoms with Crippen LogP contribution in [0.15, 0.2) is 11.1 Å². The van der Waals surface area contributed by atoms with Gasteiger partial charge in [0.05, 0.1) is 11.3 Å². The van der Waals surface area contributed by atoms with Crippen LogP contribution in [0.25, 0.3) is 0 Å². The fraction of sp³-hybridized carbons (Fsp3) is 0.727. The van der Waals surface area contributed by atoms with Crippen molar-refractivity contribution in [2.45, 2.75) is 107 Å². The number of rotatable bonds is 7. The first kappa shape index (κ1) is 32.0. The number of fused-ring (bicyclic) bond motifs is 4. The second-order valence-corrected chi connectivity index (χ2v) is 14.7. The second kappa shape index (κ2) is 9.78. The largest absolute Gasteiger partial charge is 0.481 e. The van der Waals surface area contributed by atoms with E-state index in [2.05, 4.69) is 0 Å². The number of carboxylic acid groups (broad SMARTS) is 1. The quantitative estimate of drug-likeness (QED) is 0.427. The normalized spacial score (nSPS) is 38.8. The van der Waals surface area contributed by atoms with Gasteiger partial charge in [0.15, 0.2) is 11.9 Å². The number of hydrogen-bond acceptors (Lipinski definition) is 8. The Kier molecular flexibility index (Phi) is 7.44. The molecule has 2 saturated carbocycles. The first-order valence-electron chi connectivity index (χ1n) is 14.9. The van der Waals surface area contributed by atoms with Crippen LogP contribution in [0.2, 0.25) is 0 Å². The van der Waals surface area contributed by atoms with Gasteiger partial charge in [-0.25, -0.2) is 0 Å². The minimum Gasteiger partial charge on any atom is -0.481 e. The molecule has 4 aliphatic carbocycles. The number of carbonyl (C=O) groups is 7. The molecular weight excluding hydrogens is 540 g/mol. The third-order valence-electron chi connectivity index (χ3n) is 12.6. The molecule has 0 saturated heterocycles. The first-order valence-corrected chi connectivity index (χ1v) is 14.9. The van der Waals surface area contributed by atoms with E-state index in [-0.39, 0.29) is 66.4 Å². The Hall–Kier alpha value is -2.97. The third-order valence-corrected chi connectivity index (χ3v) is 12.6. The Morgan fingerprint density at radius 2 is 1.52 bits per heavy atom. The fourth-order valence-electron chi connectivity index (χ4n) is 9.22. The van der Waals surface area contributed by atoms with Gasteiger partial charge in [-0.15, -0.1) is 0 Å². The number of Topliss-reactive ketones (excluding diaryl/α,β-unsaturated/α-hetero) is 5. The summed E-state index contributed by atoms with van der Waals surface area (Å²) in [5.41, 5.74) is -5.18. The number of carbonyl (C=O) groups excluding carboxylic acids is 6. The van der Waals surface area contributed by atoms with Crippen molar-refractivity contribution < 1.29 is 43.4 Å². The number of ether oxygens (including phenoxy) is 1. The van der Waals surface area contributed by atoms with Gasteiger partial charge in [-0.3, -0.25) is 33.6 Å². The number of ketones is 5. The topological polar surface area (TPSA) is 149 Å². The van der Waals surface area contributed by atoms with Crippen molar-refractivity contribution in [1.82, 2.24) is 0 Å². The van der Waals surface area contributed by atoms with E-state index < -0.39 is 68.7 Å². The van der Waals surface area contributed by atoms with Gasteiger partial charge in [-0.2, -0.15) is 0 Å². The van der Waals surface area contributed by atoms with Crippen LogP contribution in [0, 0.1) is 44.8 Å². The molecular formula is C33H44O9. The molecule has 1 N–H and O–H groups in total. The number of aliphatic carboxylic acids is 1. The highest BCUT2D eigenvalue weighted by Gasteiger charge is 2.76. The summed E-state index contributed by atoms with van der Waals surface area (Å²) >= 11 is 0. The lowest BCUT2D eigenvalue weighted by atomic mass is 9.37. The van der Waals surface area contributed by atoms with E-state index in [9.17, 15) is 38.7 Å². The molecule has 8 atom stereocenters. The number of hydrogen-bond donors (Lipinski definition) is 1. The van der Waals surface area contributed by atoms with Gasteiger partial charge in [0, 0.05) is 66.4 Å². The molecule has 0 aromatic rings. The highest BCUT2D eigenvalue weighted by Crippen LogP contribution is 2.73. The van der Waals surface area contributed by atoms with Gasteiger partial charge in [-0.1, -0.05) is 48.5 Å². The molecule has 0 aromatic heterocycles. The molecule has 4 aliphatic rings. The number of allylic oxidation sites excluding steroid dienone is 1.